The van der Waals surface area contributed by atoms with E-state index in [9.17, 15) is 9.90 Å². The highest BCUT2D eigenvalue weighted by Crippen LogP contribution is 2.23. The summed E-state index contributed by atoms with van der Waals surface area (Å²) in [5.41, 5.74) is 4.56. The van der Waals surface area contributed by atoms with Crippen LogP contribution >= 0.6 is 0 Å². The molecule has 0 spiro atoms. The van der Waals surface area contributed by atoms with E-state index in [1.165, 1.54) is 5.56 Å². The van der Waals surface area contributed by atoms with Gasteiger partial charge in [0.2, 0.25) is 5.91 Å². The van der Waals surface area contributed by atoms with E-state index in [1.54, 1.807) is 30.5 Å². The number of amides is 1. The molecule has 0 aliphatic carbocycles. The van der Waals surface area contributed by atoms with Crippen molar-refractivity contribution in [3.05, 3.63) is 108 Å². The van der Waals surface area contributed by atoms with E-state index in [0.717, 1.165) is 24.0 Å². The Morgan fingerprint density at radius 1 is 0.844 bits per heavy atom. The van der Waals surface area contributed by atoms with Crippen molar-refractivity contribution in [3.63, 3.8) is 0 Å². The lowest BCUT2D eigenvalue weighted by atomic mass is 10.1. The molecular weight excluding hydrogens is 398 g/mol. The van der Waals surface area contributed by atoms with Gasteiger partial charge in [0, 0.05) is 18.4 Å². The van der Waals surface area contributed by atoms with Crippen LogP contribution in [0.2, 0.25) is 0 Å². The van der Waals surface area contributed by atoms with Gasteiger partial charge in [0.1, 0.15) is 5.75 Å². The Hall–Kier alpha value is -3.99. The number of aromatic nitrogens is 2. The van der Waals surface area contributed by atoms with Crippen LogP contribution in [0.1, 0.15) is 29.7 Å². The molecule has 5 nitrogen and oxygen atoms in total. The zero-order valence-electron chi connectivity index (χ0n) is 17.7. The third kappa shape index (κ3) is 5.79. The average Bonchev–Trinajstić information content (AvgIpc) is 2.82. The predicted molar refractivity (Wildman–Crippen MR) is 126 cm³/mol. The summed E-state index contributed by atoms with van der Waals surface area (Å²) in [6.07, 6.45) is 4.25. The second-order valence-corrected chi connectivity index (χ2v) is 7.65. The number of aryl methyl sites for hydroxylation is 1. The largest absolute Gasteiger partial charge is 0.508 e. The van der Waals surface area contributed by atoms with E-state index < -0.39 is 0 Å². The summed E-state index contributed by atoms with van der Waals surface area (Å²) >= 11 is 0. The first-order valence-corrected chi connectivity index (χ1v) is 10.7. The number of aromatic hydroxyl groups is 1. The zero-order chi connectivity index (χ0) is 22.2. The van der Waals surface area contributed by atoms with Gasteiger partial charge in [-0.25, -0.2) is 9.97 Å². The summed E-state index contributed by atoms with van der Waals surface area (Å²) < 4.78 is 0. The molecule has 4 aromatic rings. The maximum Gasteiger partial charge on any atom is 0.225 e. The highest BCUT2D eigenvalue weighted by molar-refractivity contribution is 5.90. The molecule has 5 heteroatoms. The topological polar surface area (TPSA) is 75.1 Å². The molecule has 0 radical (unpaired) electrons. The second kappa shape index (κ2) is 10.4. The maximum absolute atomic E-state index is 12.6. The van der Waals surface area contributed by atoms with E-state index in [0.29, 0.717) is 30.0 Å². The van der Waals surface area contributed by atoms with Crippen molar-refractivity contribution in [1.29, 1.82) is 0 Å². The van der Waals surface area contributed by atoms with Crippen molar-refractivity contribution in [2.75, 3.05) is 5.32 Å². The summed E-state index contributed by atoms with van der Waals surface area (Å²) in [5, 5.41) is 12.5. The molecule has 0 saturated carbocycles. The van der Waals surface area contributed by atoms with Crippen LogP contribution in [0.25, 0.3) is 11.3 Å². The standard InChI is InChI=1S/C27H25N3O2/c31-23-16-14-22(15-17-23)25-19-28-27(24(29-25)18-21-10-5-2-6-11-21)30-26(32)13-7-12-20-8-3-1-4-9-20/h1-6,8-11,14-17,19,31H,7,12-13,18H2,(H,28,30,32). The number of rotatable bonds is 8. The van der Waals surface area contributed by atoms with E-state index in [2.05, 4.69) is 22.4 Å². The average molecular weight is 424 g/mol. The number of nitrogens with zero attached hydrogens (tertiary/aromatic N) is 2. The van der Waals surface area contributed by atoms with Gasteiger partial charge in [-0.2, -0.15) is 0 Å². The lowest BCUT2D eigenvalue weighted by Crippen LogP contribution is -2.15. The van der Waals surface area contributed by atoms with Gasteiger partial charge >= 0.3 is 0 Å². The van der Waals surface area contributed by atoms with E-state index in [-0.39, 0.29) is 11.7 Å². The molecule has 1 amide bonds. The first-order chi connectivity index (χ1) is 15.7. The quantitative estimate of drug-likeness (QED) is 0.398. The third-order valence-corrected chi connectivity index (χ3v) is 5.19. The molecule has 1 heterocycles. The van der Waals surface area contributed by atoms with E-state index in [1.807, 2.05) is 48.5 Å². The normalized spacial score (nSPS) is 10.6. The molecule has 0 atom stereocenters. The first-order valence-electron chi connectivity index (χ1n) is 10.7. The Morgan fingerprint density at radius 2 is 1.50 bits per heavy atom. The van der Waals surface area contributed by atoms with Crippen LogP contribution in [0, 0.1) is 0 Å². The van der Waals surface area contributed by atoms with Crippen molar-refractivity contribution >= 4 is 11.7 Å². The van der Waals surface area contributed by atoms with Crippen LogP contribution < -0.4 is 5.32 Å². The fraction of sp³-hybridized carbons (Fsp3) is 0.148. The molecule has 4 rings (SSSR count). The van der Waals surface area contributed by atoms with Crippen LogP contribution in [-0.2, 0) is 17.6 Å². The van der Waals surface area contributed by atoms with Crippen molar-refractivity contribution < 1.29 is 9.90 Å². The molecule has 0 unspecified atom stereocenters. The molecule has 32 heavy (non-hydrogen) atoms. The highest BCUT2D eigenvalue weighted by atomic mass is 16.3. The number of hydrogen-bond donors (Lipinski definition) is 2. The SMILES string of the molecule is O=C(CCCc1ccccc1)Nc1ncc(-c2ccc(O)cc2)nc1Cc1ccccc1. The maximum atomic E-state index is 12.6. The summed E-state index contributed by atoms with van der Waals surface area (Å²) in [6.45, 7) is 0. The number of phenols is 1. The van der Waals surface area contributed by atoms with Gasteiger partial charge in [0.25, 0.3) is 0 Å². The molecule has 0 saturated heterocycles. The molecule has 3 aromatic carbocycles. The van der Waals surface area contributed by atoms with Gasteiger partial charge in [0.15, 0.2) is 5.82 Å². The minimum absolute atomic E-state index is 0.0677. The Bertz CT molecular complexity index is 1160. The van der Waals surface area contributed by atoms with Crippen LogP contribution in [0.5, 0.6) is 5.75 Å². The number of nitrogens with one attached hydrogen (secondary N) is 1. The van der Waals surface area contributed by atoms with E-state index >= 15 is 0 Å². The minimum Gasteiger partial charge on any atom is -0.508 e. The number of carbonyl (C=O) groups is 1. The molecule has 0 bridgehead atoms. The van der Waals surface area contributed by atoms with Crippen LogP contribution in [-0.4, -0.2) is 21.0 Å². The zero-order valence-corrected chi connectivity index (χ0v) is 17.7. The van der Waals surface area contributed by atoms with Gasteiger partial charge in [-0.3, -0.25) is 4.79 Å². The molecule has 0 aliphatic rings. The number of phenolic OH excluding ortho intramolecular Hbond substituents is 1. The molecule has 0 fully saturated rings. The summed E-state index contributed by atoms with van der Waals surface area (Å²) in [5.74, 6) is 0.619. The number of hydrogen-bond acceptors (Lipinski definition) is 4. The predicted octanol–water partition coefficient (Wildman–Crippen LogP) is 5.40. The van der Waals surface area contributed by atoms with E-state index in [4.69, 9.17) is 4.98 Å². The Balaban J connectivity index is 1.50. The van der Waals surface area contributed by atoms with Crippen LogP contribution in [0.3, 0.4) is 0 Å². The molecular formula is C27H25N3O2. The smallest absolute Gasteiger partial charge is 0.225 e. The summed E-state index contributed by atoms with van der Waals surface area (Å²) in [4.78, 5) is 21.9. The van der Waals surface area contributed by atoms with Crippen LogP contribution in [0.15, 0.2) is 91.1 Å². The highest BCUT2D eigenvalue weighted by Gasteiger charge is 2.13. The molecule has 1 aromatic heterocycles. The fourth-order valence-electron chi connectivity index (χ4n) is 3.51. The van der Waals surface area contributed by atoms with Crippen molar-refractivity contribution in [3.8, 4) is 17.0 Å². The number of carbonyl (C=O) groups excluding carboxylic acids is 1. The van der Waals surface area contributed by atoms with Crippen LogP contribution in [0.4, 0.5) is 5.82 Å². The Morgan fingerprint density at radius 3 is 2.19 bits per heavy atom. The summed E-state index contributed by atoms with van der Waals surface area (Å²) in [7, 11) is 0. The van der Waals surface area contributed by atoms with Gasteiger partial charge < -0.3 is 10.4 Å². The molecule has 0 aliphatic heterocycles. The lowest BCUT2D eigenvalue weighted by molar-refractivity contribution is -0.116. The van der Waals surface area contributed by atoms with Gasteiger partial charge in [-0.15, -0.1) is 0 Å². The van der Waals surface area contributed by atoms with Crippen molar-refractivity contribution in [2.45, 2.75) is 25.7 Å². The Kier molecular flexibility index (Phi) is 6.88. The Labute approximate surface area is 187 Å². The van der Waals surface area contributed by atoms with Gasteiger partial charge in [0.05, 0.1) is 17.6 Å². The number of benzene rings is 3. The number of anilines is 1. The van der Waals surface area contributed by atoms with Crippen molar-refractivity contribution in [1.82, 2.24) is 9.97 Å². The third-order valence-electron chi connectivity index (χ3n) is 5.19. The van der Waals surface area contributed by atoms with Gasteiger partial charge in [-0.1, -0.05) is 60.7 Å². The molecule has 160 valence electrons. The monoisotopic (exact) mass is 423 g/mol. The van der Waals surface area contributed by atoms with Crippen molar-refractivity contribution in [2.24, 2.45) is 0 Å². The molecule has 2 N–H and O–H groups in total. The second-order valence-electron chi connectivity index (χ2n) is 7.65. The minimum atomic E-state index is -0.0677. The lowest BCUT2D eigenvalue weighted by Gasteiger charge is -2.12. The first kappa shape index (κ1) is 21.2. The fourth-order valence-corrected chi connectivity index (χ4v) is 3.51. The van der Waals surface area contributed by atoms with Gasteiger partial charge in [-0.05, 0) is 48.2 Å². The summed E-state index contributed by atoms with van der Waals surface area (Å²) in [6, 6.07) is 27.0.